The Morgan fingerprint density at radius 3 is 1.71 bits per heavy atom. The molecule has 1 atom stereocenters. The van der Waals surface area contributed by atoms with Crippen LogP contribution in [0.4, 0.5) is 0 Å². The van der Waals surface area contributed by atoms with E-state index in [-0.39, 0.29) is 6.10 Å². The number of carbonyl (C=O) groups is 1. The van der Waals surface area contributed by atoms with Gasteiger partial charge >= 0.3 is 5.97 Å². The van der Waals surface area contributed by atoms with Gasteiger partial charge < -0.3 is 10.2 Å². The summed E-state index contributed by atoms with van der Waals surface area (Å²) in [7, 11) is 0. The SMILES string of the molecule is CC(O)CCCCCCCCCCCC(=O)O. The predicted octanol–water partition coefficient (Wildman–Crippen LogP) is 3.74. The number of carboxylic acid groups (broad SMARTS) is 1. The topological polar surface area (TPSA) is 57.5 Å². The summed E-state index contributed by atoms with van der Waals surface area (Å²) in [4.78, 5) is 10.3. The average Bonchev–Trinajstić information content (AvgIpc) is 2.25. The average molecular weight is 244 g/mol. The zero-order valence-electron chi connectivity index (χ0n) is 11.2. The van der Waals surface area contributed by atoms with Gasteiger partial charge in [-0.15, -0.1) is 0 Å². The van der Waals surface area contributed by atoms with Crippen LogP contribution in [0.3, 0.4) is 0 Å². The van der Waals surface area contributed by atoms with E-state index >= 15 is 0 Å². The molecule has 0 rings (SSSR count). The Balaban J connectivity index is 2.96. The van der Waals surface area contributed by atoms with Crippen LogP contribution in [0.25, 0.3) is 0 Å². The van der Waals surface area contributed by atoms with Crippen molar-refractivity contribution in [1.29, 1.82) is 0 Å². The minimum atomic E-state index is -0.678. The molecular weight excluding hydrogens is 216 g/mol. The smallest absolute Gasteiger partial charge is 0.303 e. The van der Waals surface area contributed by atoms with Crippen molar-refractivity contribution in [1.82, 2.24) is 0 Å². The number of aliphatic carboxylic acids is 1. The number of carboxylic acids is 1. The van der Waals surface area contributed by atoms with Crippen LogP contribution in [-0.4, -0.2) is 22.3 Å². The summed E-state index contributed by atoms with van der Waals surface area (Å²) < 4.78 is 0. The lowest BCUT2D eigenvalue weighted by molar-refractivity contribution is -0.137. The molecule has 0 aliphatic rings. The third kappa shape index (κ3) is 15.4. The number of aliphatic hydroxyl groups is 1. The summed E-state index contributed by atoms with van der Waals surface area (Å²) in [6.45, 7) is 1.84. The Morgan fingerprint density at radius 2 is 1.29 bits per heavy atom. The molecule has 0 aromatic rings. The van der Waals surface area contributed by atoms with Crippen molar-refractivity contribution in [2.75, 3.05) is 0 Å². The molecule has 3 heteroatoms. The summed E-state index contributed by atoms with van der Waals surface area (Å²) in [5.74, 6) is -0.678. The molecule has 0 aromatic heterocycles. The van der Waals surface area contributed by atoms with Gasteiger partial charge in [0, 0.05) is 6.42 Å². The van der Waals surface area contributed by atoms with Crippen LogP contribution in [-0.2, 0) is 4.79 Å². The molecule has 0 aliphatic carbocycles. The zero-order chi connectivity index (χ0) is 12.9. The van der Waals surface area contributed by atoms with Crippen molar-refractivity contribution in [3.8, 4) is 0 Å². The van der Waals surface area contributed by atoms with Crippen molar-refractivity contribution in [2.45, 2.75) is 83.7 Å². The summed E-state index contributed by atoms with van der Waals surface area (Å²) >= 11 is 0. The van der Waals surface area contributed by atoms with E-state index in [2.05, 4.69) is 0 Å². The van der Waals surface area contributed by atoms with Gasteiger partial charge in [-0.1, -0.05) is 51.4 Å². The monoisotopic (exact) mass is 244 g/mol. The van der Waals surface area contributed by atoms with Crippen LogP contribution < -0.4 is 0 Å². The first-order chi connectivity index (χ1) is 8.13. The van der Waals surface area contributed by atoms with Crippen LogP contribution in [0, 0.1) is 0 Å². The maximum atomic E-state index is 10.3. The van der Waals surface area contributed by atoms with Gasteiger partial charge in [-0.2, -0.15) is 0 Å². The van der Waals surface area contributed by atoms with E-state index in [0.717, 1.165) is 25.7 Å². The standard InChI is InChI=1S/C14H28O3/c1-13(15)11-9-7-5-3-2-4-6-8-10-12-14(16)17/h13,15H,2-12H2,1H3,(H,16,17). The first-order valence-corrected chi connectivity index (χ1v) is 7.03. The highest BCUT2D eigenvalue weighted by atomic mass is 16.4. The largest absolute Gasteiger partial charge is 0.481 e. The van der Waals surface area contributed by atoms with Crippen LogP contribution in [0.1, 0.15) is 77.6 Å². The van der Waals surface area contributed by atoms with E-state index in [9.17, 15) is 4.79 Å². The molecule has 17 heavy (non-hydrogen) atoms. The van der Waals surface area contributed by atoms with E-state index in [0.29, 0.717) is 6.42 Å². The molecule has 0 saturated heterocycles. The first-order valence-electron chi connectivity index (χ1n) is 7.03. The van der Waals surface area contributed by atoms with Crippen LogP contribution in [0.15, 0.2) is 0 Å². The number of unbranched alkanes of at least 4 members (excludes halogenated alkanes) is 8. The van der Waals surface area contributed by atoms with Crippen molar-refractivity contribution in [2.24, 2.45) is 0 Å². The fourth-order valence-electron chi connectivity index (χ4n) is 1.95. The molecule has 1 unspecified atom stereocenters. The Labute approximate surface area is 105 Å². The second-order valence-corrected chi connectivity index (χ2v) is 4.96. The van der Waals surface area contributed by atoms with Gasteiger partial charge in [0.2, 0.25) is 0 Å². The van der Waals surface area contributed by atoms with Crippen molar-refractivity contribution >= 4 is 5.97 Å². The zero-order valence-corrected chi connectivity index (χ0v) is 11.2. The molecule has 0 aromatic carbocycles. The summed E-state index contributed by atoms with van der Waals surface area (Å²) in [5, 5.41) is 17.5. The summed E-state index contributed by atoms with van der Waals surface area (Å²) in [6, 6.07) is 0. The Hall–Kier alpha value is -0.570. The van der Waals surface area contributed by atoms with E-state index in [1.807, 2.05) is 6.92 Å². The van der Waals surface area contributed by atoms with E-state index < -0.39 is 5.97 Å². The molecule has 0 saturated carbocycles. The van der Waals surface area contributed by atoms with Crippen molar-refractivity contribution < 1.29 is 15.0 Å². The number of aliphatic hydroxyl groups excluding tert-OH is 1. The predicted molar refractivity (Wildman–Crippen MR) is 70.1 cm³/mol. The van der Waals surface area contributed by atoms with Gasteiger partial charge in [0.15, 0.2) is 0 Å². The fraction of sp³-hybridized carbons (Fsp3) is 0.929. The van der Waals surface area contributed by atoms with Gasteiger partial charge in [-0.3, -0.25) is 4.79 Å². The summed E-state index contributed by atoms with van der Waals surface area (Å²) in [5.41, 5.74) is 0. The van der Waals surface area contributed by atoms with E-state index in [1.54, 1.807) is 0 Å². The number of hydrogen-bond acceptors (Lipinski definition) is 2. The third-order valence-corrected chi connectivity index (χ3v) is 3.01. The van der Waals surface area contributed by atoms with Gasteiger partial charge in [0.1, 0.15) is 0 Å². The van der Waals surface area contributed by atoms with E-state index in [1.165, 1.54) is 38.5 Å². The fourth-order valence-corrected chi connectivity index (χ4v) is 1.95. The molecule has 3 nitrogen and oxygen atoms in total. The lowest BCUT2D eigenvalue weighted by Gasteiger charge is -2.04. The van der Waals surface area contributed by atoms with Gasteiger partial charge in [-0.25, -0.2) is 0 Å². The molecular formula is C14H28O3. The van der Waals surface area contributed by atoms with Crippen molar-refractivity contribution in [3.63, 3.8) is 0 Å². The minimum Gasteiger partial charge on any atom is -0.481 e. The molecule has 0 fully saturated rings. The third-order valence-electron chi connectivity index (χ3n) is 3.01. The Kier molecular flexibility index (Phi) is 11.5. The molecule has 0 heterocycles. The first kappa shape index (κ1) is 16.4. The molecule has 0 spiro atoms. The molecule has 0 amide bonds. The second-order valence-electron chi connectivity index (χ2n) is 4.96. The second kappa shape index (κ2) is 11.9. The van der Waals surface area contributed by atoms with Crippen molar-refractivity contribution in [3.05, 3.63) is 0 Å². The maximum absolute atomic E-state index is 10.3. The lowest BCUT2D eigenvalue weighted by Crippen LogP contribution is -1.98. The van der Waals surface area contributed by atoms with Gasteiger partial charge in [-0.05, 0) is 19.8 Å². The minimum absolute atomic E-state index is 0.149. The Bertz CT molecular complexity index is 178. The van der Waals surface area contributed by atoms with Gasteiger partial charge in [0.25, 0.3) is 0 Å². The van der Waals surface area contributed by atoms with Crippen LogP contribution >= 0.6 is 0 Å². The molecule has 0 bridgehead atoms. The quantitative estimate of drug-likeness (QED) is 0.514. The molecule has 102 valence electrons. The highest BCUT2D eigenvalue weighted by Crippen LogP contribution is 2.11. The van der Waals surface area contributed by atoms with Crippen LogP contribution in [0.5, 0.6) is 0 Å². The normalized spacial score (nSPS) is 12.6. The maximum Gasteiger partial charge on any atom is 0.303 e. The van der Waals surface area contributed by atoms with Crippen LogP contribution in [0.2, 0.25) is 0 Å². The number of hydrogen-bond donors (Lipinski definition) is 2. The number of rotatable bonds is 12. The highest BCUT2D eigenvalue weighted by molar-refractivity contribution is 5.66. The molecule has 0 radical (unpaired) electrons. The molecule has 2 N–H and O–H groups in total. The lowest BCUT2D eigenvalue weighted by atomic mass is 10.0. The molecule has 0 aliphatic heterocycles. The van der Waals surface area contributed by atoms with Gasteiger partial charge in [0.05, 0.1) is 6.10 Å². The highest BCUT2D eigenvalue weighted by Gasteiger charge is 1.97. The Morgan fingerprint density at radius 1 is 0.882 bits per heavy atom. The summed E-state index contributed by atoms with van der Waals surface area (Å²) in [6.07, 6.45) is 11.5. The van der Waals surface area contributed by atoms with E-state index in [4.69, 9.17) is 10.2 Å².